The summed E-state index contributed by atoms with van der Waals surface area (Å²) in [5.74, 6) is 0. The van der Waals surface area contributed by atoms with Crippen molar-refractivity contribution in [2.24, 2.45) is 0 Å². The fraction of sp³-hybridized carbons (Fsp3) is 0. The minimum absolute atomic E-state index is 0. The molecule has 0 fully saturated rings. The van der Waals surface area contributed by atoms with Gasteiger partial charge in [0.25, 0.3) is 0 Å². The van der Waals surface area contributed by atoms with Crippen LogP contribution >= 0.6 is 0 Å². The first-order valence-electron chi connectivity index (χ1n) is 2.11. The van der Waals surface area contributed by atoms with Crippen LogP contribution in [0.25, 0.3) is 0 Å². The van der Waals surface area contributed by atoms with E-state index in [1.807, 2.05) is 0 Å². The standard InChI is InChI=1S/C6H6N.Bi.3H/c7-6-4-2-1-3-5-6;;;;/h2-5H,7H2;;;;. The van der Waals surface area contributed by atoms with E-state index in [0.717, 1.165) is 5.69 Å². The normalized spacial score (nSPS) is 7.50. The van der Waals surface area contributed by atoms with Crippen LogP contribution in [-0.4, -0.2) is 26.2 Å². The third kappa shape index (κ3) is 2.27. The van der Waals surface area contributed by atoms with Crippen LogP contribution in [0.1, 0.15) is 0 Å². The third-order valence-electron chi connectivity index (χ3n) is 0.744. The maximum absolute atomic E-state index is 5.34. The molecule has 0 heterocycles. The van der Waals surface area contributed by atoms with E-state index in [9.17, 15) is 0 Å². The van der Waals surface area contributed by atoms with Crippen molar-refractivity contribution >= 4 is 31.9 Å². The predicted molar refractivity (Wildman–Crippen MR) is 39.6 cm³/mol. The number of rotatable bonds is 0. The van der Waals surface area contributed by atoms with Crippen LogP contribution in [0.15, 0.2) is 24.3 Å². The molecular weight excluding hydrogens is 295 g/mol. The summed E-state index contributed by atoms with van der Waals surface area (Å²) in [7, 11) is 0. The molecule has 43 valence electrons. The molecule has 0 saturated heterocycles. The van der Waals surface area contributed by atoms with Crippen molar-refractivity contribution < 1.29 is 0 Å². The molecule has 0 amide bonds. The van der Waals surface area contributed by atoms with Gasteiger partial charge in [0.2, 0.25) is 0 Å². The molecule has 1 nitrogen and oxygen atoms in total. The van der Waals surface area contributed by atoms with Gasteiger partial charge in [-0.3, -0.25) is 0 Å². The van der Waals surface area contributed by atoms with E-state index >= 15 is 0 Å². The molecule has 1 aromatic carbocycles. The van der Waals surface area contributed by atoms with Crippen LogP contribution in [0.5, 0.6) is 0 Å². The Morgan fingerprint density at radius 3 is 2.00 bits per heavy atom. The first kappa shape index (κ1) is 7.90. The fourth-order valence-corrected chi connectivity index (χ4v) is 0.400. The summed E-state index contributed by atoms with van der Waals surface area (Å²) in [6.07, 6.45) is 0. The van der Waals surface area contributed by atoms with E-state index in [-0.39, 0.29) is 26.2 Å². The zero-order valence-electron chi connectivity index (χ0n) is 4.59. The zero-order valence-corrected chi connectivity index (χ0v) is 10.1. The van der Waals surface area contributed by atoms with Crippen LogP contribution < -0.4 is 5.73 Å². The summed E-state index contributed by atoms with van der Waals surface area (Å²) < 4.78 is 0. The number of anilines is 1. The molecule has 8 heavy (non-hydrogen) atoms. The Bertz CT molecular complexity index is 138. The Balaban J connectivity index is 0.000000490. The first-order chi connectivity index (χ1) is 3.39. The summed E-state index contributed by atoms with van der Waals surface area (Å²) in [5.41, 5.74) is 6.13. The van der Waals surface area contributed by atoms with Gasteiger partial charge in [0, 0.05) is 5.69 Å². The Labute approximate surface area is 68.0 Å². The average Bonchev–Trinajstić information content (AvgIpc) is 1.69. The predicted octanol–water partition coefficient (Wildman–Crippen LogP) is -0.115. The van der Waals surface area contributed by atoms with Crippen LogP contribution in [0, 0.1) is 6.07 Å². The number of hydrogen-bond donors (Lipinski definition) is 1. The van der Waals surface area contributed by atoms with E-state index in [1.165, 1.54) is 0 Å². The summed E-state index contributed by atoms with van der Waals surface area (Å²) in [6, 6.07) is 10.0. The molecule has 1 aromatic rings. The van der Waals surface area contributed by atoms with Gasteiger partial charge < -0.3 is 5.73 Å². The SMILES string of the molecule is Nc1cc[c]cc1.[BiH3]. The molecule has 0 aromatic heterocycles. The molecule has 0 unspecified atom stereocenters. The molecule has 0 aliphatic carbocycles. The van der Waals surface area contributed by atoms with Crippen molar-refractivity contribution in [3.8, 4) is 0 Å². The van der Waals surface area contributed by atoms with Crippen LogP contribution in [0.2, 0.25) is 0 Å². The molecule has 2 N–H and O–H groups in total. The molecule has 2 heteroatoms. The van der Waals surface area contributed by atoms with E-state index in [1.54, 1.807) is 24.3 Å². The van der Waals surface area contributed by atoms with Crippen molar-refractivity contribution in [2.75, 3.05) is 5.73 Å². The van der Waals surface area contributed by atoms with Crippen LogP contribution in [0.3, 0.4) is 0 Å². The number of nitrogen functional groups attached to an aromatic ring is 1. The zero-order chi connectivity index (χ0) is 5.11. The van der Waals surface area contributed by atoms with Crippen LogP contribution in [0.4, 0.5) is 5.69 Å². The second-order valence-corrected chi connectivity index (χ2v) is 1.33. The number of nitrogens with two attached hydrogens (primary N) is 1. The van der Waals surface area contributed by atoms with Crippen molar-refractivity contribution in [2.45, 2.75) is 0 Å². The Morgan fingerprint density at radius 1 is 1.25 bits per heavy atom. The molecule has 1 rings (SSSR count). The summed E-state index contributed by atoms with van der Waals surface area (Å²) >= 11 is 0. The van der Waals surface area contributed by atoms with E-state index < -0.39 is 0 Å². The van der Waals surface area contributed by atoms with Gasteiger partial charge in [-0.2, -0.15) is 0 Å². The number of hydrogen-bond acceptors (Lipinski definition) is 1. The van der Waals surface area contributed by atoms with Crippen molar-refractivity contribution in [1.82, 2.24) is 0 Å². The van der Waals surface area contributed by atoms with Gasteiger partial charge in [-0.1, -0.05) is 12.1 Å². The second kappa shape index (κ2) is 3.85. The molecule has 0 aliphatic rings. The van der Waals surface area contributed by atoms with E-state index in [0.29, 0.717) is 0 Å². The van der Waals surface area contributed by atoms with Gasteiger partial charge in [-0.15, -0.1) is 0 Å². The summed E-state index contributed by atoms with van der Waals surface area (Å²) in [5, 5.41) is 0. The topological polar surface area (TPSA) is 26.0 Å². The van der Waals surface area contributed by atoms with Gasteiger partial charge in [-0.05, 0) is 18.2 Å². The van der Waals surface area contributed by atoms with Gasteiger partial charge in [0.05, 0.1) is 0 Å². The summed E-state index contributed by atoms with van der Waals surface area (Å²) in [6.45, 7) is 0. The van der Waals surface area contributed by atoms with Gasteiger partial charge >= 0.3 is 26.2 Å². The molecule has 0 aliphatic heterocycles. The molecule has 0 spiro atoms. The molecule has 0 saturated carbocycles. The fourth-order valence-electron chi connectivity index (χ4n) is 0.400. The van der Waals surface area contributed by atoms with Crippen molar-refractivity contribution in [3.63, 3.8) is 0 Å². The van der Waals surface area contributed by atoms with Crippen molar-refractivity contribution in [3.05, 3.63) is 30.3 Å². The minimum atomic E-state index is 0. The Kier molecular flexibility index (Phi) is 3.80. The quantitative estimate of drug-likeness (QED) is 0.525. The summed E-state index contributed by atoms with van der Waals surface area (Å²) in [4.78, 5) is 0. The van der Waals surface area contributed by atoms with Gasteiger partial charge in [-0.25, -0.2) is 0 Å². The molecule has 0 atom stereocenters. The molecule has 1 radical (unpaired) electrons. The monoisotopic (exact) mass is 304 g/mol. The van der Waals surface area contributed by atoms with E-state index in [2.05, 4.69) is 6.07 Å². The average molecular weight is 304 g/mol. The van der Waals surface area contributed by atoms with Crippen molar-refractivity contribution in [1.29, 1.82) is 0 Å². The molecule has 0 bridgehead atoms. The third-order valence-corrected chi connectivity index (χ3v) is 0.744. The van der Waals surface area contributed by atoms with E-state index in [4.69, 9.17) is 5.73 Å². The van der Waals surface area contributed by atoms with Gasteiger partial charge in [0.1, 0.15) is 0 Å². The van der Waals surface area contributed by atoms with Gasteiger partial charge in [0.15, 0.2) is 0 Å². The first-order valence-corrected chi connectivity index (χ1v) is 2.11. The molecular formula is C6H9BiN. The van der Waals surface area contributed by atoms with Crippen LogP contribution in [-0.2, 0) is 0 Å². The Morgan fingerprint density at radius 2 is 1.75 bits per heavy atom. The second-order valence-electron chi connectivity index (χ2n) is 1.33. The Hall–Kier alpha value is -0.0969. The number of benzene rings is 1. The maximum atomic E-state index is 5.34.